The molecule has 2 aliphatic rings. The monoisotopic (exact) mass is 523 g/mol. The minimum absolute atomic E-state index is 0.153. The molecule has 0 saturated heterocycles. The van der Waals surface area contributed by atoms with Gasteiger partial charge in [-0.25, -0.2) is 9.79 Å². The number of nitrogens with zero attached hydrogens (tertiary/aromatic N) is 2. The maximum atomic E-state index is 14.0. The van der Waals surface area contributed by atoms with Gasteiger partial charge in [0.15, 0.2) is 4.80 Å². The number of hydrogen-bond donors (Lipinski definition) is 1. The Morgan fingerprint density at radius 2 is 1.97 bits per heavy atom. The lowest BCUT2D eigenvalue weighted by Gasteiger charge is -2.26. The molecule has 0 aliphatic carbocycles. The molecule has 0 fully saturated rings. The van der Waals surface area contributed by atoms with Crippen LogP contribution in [-0.4, -0.2) is 30.2 Å². The van der Waals surface area contributed by atoms with E-state index in [2.05, 4.69) is 10.3 Å². The Morgan fingerprint density at radius 1 is 1.19 bits per heavy atom. The largest absolute Gasteiger partial charge is 0.496 e. The van der Waals surface area contributed by atoms with E-state index in [0.717, 1.165) is 16.9 Å². The molecule has 3 aromatic rings. The number of nitrogens with one attached hydrogen (secondary N) is 1. The first-order valence-corrected chi connectivity index (χ1v) is 12.4. The normalized spacial score (nSPS) is 17.8. The smallest absolute Gasteiger partial charge is 0.338 e. The van der Waals surface area contributed by atoms with Crippen LogP contribution in [0.3, 0.4) is 0 Å². The molecule has 5 rings (SSSR count). The number of rotatable bonds is 4. The second kappa shape index (κ2) is 9.07. The number of esters is 1. The fourth-order valence-corrected chi connectivity index (χ4v) is 5.88. The van der Waals surface area contributed by atoms with Crippen LogP contribution in [0.15, 0.2) is 57.5 Å². The van der Waals surface area contributed by atoms with Crippen LogP contribution in [0.25, 0.3) is 5.57 Å². The van der Waals surface area contributed by atoms with Gasteiger partial charge in [0.25, 0.3) is 11.5 Å². The zero-order chi connectivity index (χ0) is 25.7. The number of fused-ring (bicyclic) bond motifs is 2. The molecule has 10 heteroatoms. The Morgan fingerprint density at radius 3 is 2.69 bits per heavy atom. The standard InChI is InChI=1S/C26H22ClN3O5S/c1-5-35-25(33)19-13(3)28-26-30(21(19)16-11-14(27)7-9-18(16)34-4)24(32)22(36-26)20-15-10-12(2)6-8-17(15)29-23(20)31/h6-11,21H,5H2,1-4H3,(H,29,31)/b22-20+/t21-/m1/s1. The van der Waals surface area contributed by atoms with Crippen LogP contribution in [0.1, 0.15) is 36.6 Å². The number of aromatic nitrogens is 1. The van der Waals surface area contributed by atoms with Crippen molar-refractivity contribution in [1.29, 1.82) is 0 Å². The van der Waals surface area contributed by atoms with Crippen LogP contribution in [-0.2, 0) is 14.3 Å². The van der Waals surface area contributed by atoms with E-state index in [1.165, 1.54) is 11.7 Å². The van der Waals surface area contributed by atoms with Crippen molar-refractivity contribution < 1.29 is 19.1 Å². The van der Waals surface area contributed by atoms with E-state index < -0.39 is 17.6 Å². The molecule has 3 heterocycles. The van der Waals surface area contributed by atoms with E-state index >= 15 is 0 Å². The highest BCUT2D eigenvalue weighted by Gasteiger charge is 2.36. The summed E-state index contributed by atoms with van der Waals surface area (Å²) in [7, 11) is 1.50. The number of halogens is 1. The van der Waals surface area contributed by atoms with Crippen LogP contribution in [0.4, 0.5) is 5.69 Å². The lowest BCUT2D eigenvalue weighted by Crippen LogP contribution is -2.40. The van der Waals surface area contributed by atoms with Gasteiger partial charge in [-0.1, -0.05) is 34.6 Å². The Kier molecular flexibility index (Phi) is 6.05. The van der Waals surface area contributed by atoms with Crippen molar-refractivity contribution in [2.45, 2.75) is 26.8 Å². The predicted molar refractivity (Wildman–Crippen MR) is 137 cm³/mol. The maximum Gasteiger partial charge on any atom is 0.338 e. The molecule has 0 bridgehead atoms. The van der Waals surface area contributed by atoms with Gasteiger partial charge >= 0.3 is 5.97 Å². The molecule has 2 aliphatic heterocycles. The average Bonchev–Trinajstić information content (AvgIpc) is 3.32. The van der Waals surface area contributed by atoms with Crippen LogP contribution in [0.5, 0.6) is 5.75 Å². The topological polar surface area (TPSA) is 99.0 Å². The third kappa shape index (κ3) is 3.75. The lowest BCUT2D eigenvalue weighted by molar-refractivity contribution is -0.139. The van der Waals surface area contributed by atoms with Crippen LogP contribution in [0.2, 0.25) is 5.02 Å². The fraction of sp³-hybridized carbons (Fsp3) is 0.231. The molecular weight excluding hydrogens is 502 g/mol. The number of hydrogen-bond acceptors (Lipinski definition) is 7. The molecule has 1 aromatic heterocycles. The lowest BCUT2D eigenvalue weighted by atomic mass is 9.95. The van der Waals surface area contributed by atoms with Gasteiger partial charge in [-0.2, -0.15) is 0 Å². The highest BCUT2D eigenvalue weighted by molar-refractivity contribution is 7.07. The molecule has 36 heavy (non-hydrogen) atoms. The third-order valence-electron chi connectivity index (χ3n) is 6.13. The van der Waals surface area contributed by atoms with Crippen LogP contribution < -0.4 is 24.9 Å². The third-order valence-corrected chi connectivity index (χ3v) is 7.41. The molecule has 2 aromatic carbocycles. The number of methoxy groups -OCH3 is 1. The molecule has 0 unspecified atom stereocenters. The molecular formula is C26H22ClN3O5S. The van der Waals surface area contributed by atoms with Crippen molar-refractivity contribution in [3.8, 4) is 5.75 Å². The van der Waals surface area contributed by atoms with Gasteiger partial charge in [0.2, 0.25) is 0 Å². The molecule has 1 amide bonds. The van der Waals surface area contributed by atoms with Gasteiger partial charge in [-0.15, -0.1) is 0 Å². The molecule has 184 valence electrons. The number of ether oxygens (including phenoxy) is 2. The minimum Gasteiger partial charge on any atom is -0.496 e. The zero-order valence-electron chi connectivity index (χ0n) is 20.0. The Balaban J connectivity index is 1.86. The SMILES string of the molecule is CCOC(=O)C1=C(C)N=c2s/c(=C3/C(=O)Nc4ccc(C)cc43)c(=O)n2[C@@H]1c1cc(Cl)ccc1OC. The van der Waals surface area contributed by atoms with Crippen LogP contribution >= 0.6 is 22.9 Å². The van der Waals surface area contributed by atoms with E-state index in [4.69, 9.17) is 21.1 Å². The zero-order valence-corrected chi connectivity index (χ0v) is 21.5. The second-order valence-corrected chi connectivity index (χ2v) is 9.80. The first kappa shape index (κ1) is 24.0. The Labute approximate surface area is 215 Å². The molecule has 0 saturated carbocycles. The van der Waals surface area contributed by atoms with Crippen molar-refractivity contribution in [3.63, 3.8) is 0 Å². The van der Waals surface area contributed by atoms with Gasteiger partial charge in [-0.3, -0.25) is 14.2 Å². The summed E-state index contributed by atoms with van der Waals surface area (Å²) in [6.07, 6.45) is 0. The van der Waals surface area contributed by atoms with Crippen molar-refractivity contribution >= 4 is 46.1 Å². The van der Waals surface area contributed by atoms with E-state index in [0.29, 0.717) is 38.1 Å². The minimum atomic E-state index is -0.912. The number of carbonyl (C=O) groups excluding carboxylic acids is 2. The van der Waals surface area contributed by atoms with E-state index in [-0.39, 0.29) is 28.2 Å². The number of allylic oxidation sites excluding steroid dienone is 1. The van der Waals surface area contributed by atoms with E-state index in [9.17, 15) is 14.4 Å². The maximum absolute atomic E-state index is 14.0. The first-order chi connectivity index (χ1) is 17.2. The predicted octanol–water partition coefficient (Wildman–Crippen LogP) is 3.09. The molecule has 0 radical (unpaired) electrons. The number of amides is 1. The summed E-state index contributed by atoms with van der Waals surface area (Å²) in [4.78, 5) is 45.0. The summed E-state index contributed by atoms with van der Waals surface area (Å²) < 4.78 is 12.6. The number of aryl methyl sites for hydroxylation is 1. The first-order valence-electron chi connectivity index (χ1n) is 11.2. The molecule has 0 spiro atoms. The highest BCUT2D eigenvalue weighted by atomic mass is 35.5. The highest BCUT2D eigenvalue weighted by Crippen LogP contribution is 2.37. The summed E-state index contributed by atoms with van der Waals surface area (Å²) in [5.74, 6) is -0.513. The molecule has 8 nitrogen and oxygen atoms in total. The number of thiazole rings is 1. The van der Waals surface area contributed by atoms with Gasteiger partial charge in [0.1, 0.15) is 16.3 Å². The quantitative estimate of drug-likeness (QED) is 0.530. The van der Waals surface area contributed by atoms with Crippen molar-refractivity contribution in [2.24, 2.45) is 4.99 Å². The Bertz CT molecular complexity index is 1670. The van der Waals surface area contributed by atoms with Gasteiger partial charge in [0, 0.05) is 21.8 Å². The van der Waals surface area contributed by atoms with Gasteiger partial charge < -0.3 is 14.8 Å². The van der Waals surface area contributed by atoms with Gasteiger partial charge in [-0.05, 0) is 51.1 Å². The number of anilines is 1. The number of benzene rings is 2. The molecule has 1 atom stereocenters. The summed E-state index contributed by atoms with van der Waals surface area (Å²) in [5, 5.41) is 3.24. The van der Waals surface area contributed by atoms with Crippen molar-refractivity contribution in [2.75, 3.05) is 19.0 Å². The van der Waals surface area contributed by atoms with E-state index in [1.54, 1.807) is 32.0 Å². The average molecular weight is 524 g/mol. The molecule has 1 N–H and O–H groups in total. The summed E-state index contributed by atoms with van der Waals surface area (Å²) in [5.41, 5.74) is 3.21. The second-order valence-electron chi connectivity index (χ2n) is 8.39. The van der Waals surface area contributed by atoms with Crippen molar-refractivity contribution in [1.82, 2.24) is 4.57 Å². The van der Waals surface area contributed by atoms with E-state index in [1.807, 2.05) is 25.1 Å². The summed E-state index contributed by atoms with van der Waals surface area (Å²) >= 11 is 7.44. The van der Waals surface area contributed by atoms with Crippen LogP contribution in [0, 0.1) is 6.92 Å². The van der Waals surface area contributed by atoms with Gasteiger partial charge in [0.05, 0.1) is 30.6 Å². The Hall–Kier alpha value is -3.69. The van der Waals surface area contributed by atoms with Crippen molar-refractivity contribution in [3.05, 3.63) is 89.1 Å². The summed E-state index contributed by atoms with van der Waals surface area (Å²) in [6, 6.07) is 9.66. The fourth-order valence-electron chi connectivity index (χ4n) is 4.56. The summed E-state index contributed by atoms with van der Waals surface area (Å²) in [6.45, 7) is 5.47. The number of carbonyl (C=O) groups is 2.